The van der Waals surface area contributed by atoms with Crippen molar-refractivity contribution >= 4 is 17.5 Å². The molecular weight excluding hydrogens is 262 g/mol. The number of carbonyl (C=O) groups excluding carboxylic acids is 1. The number of aryl methyl sites for hydroxylation is 1. The van der Waals surface area contributed by atoms with Gasteiger partial charge >= 0.3 is 0 Å². The Balaban J connectivity index is 2.00. The first-order chi connectivity index (χ1) is 9.08. The van der Waals surface area contributed by atoms with Gasteiger partial charge in [0.2, 0.25) is 5.91 Å². The summed E-state index contributed by atoms with van der Waals surface area (Å²) >= 11 is 6.03. The first-order valence-corrected chi connectivity index (χ1v) is 6.40. The van der Waals surface area contributed by atoms with Crippen LogP contribution in [0.4, 0.5) is 0 Å². The standard InChI is InChI=1S/C14H16ClN3O/c1-17(10-13-12(15)9-16-18(13)2)14(19)8-11-6-4-3-5-7-11/h3-7,9H,8,10H2,1-2H3. The molecule has 0 saturated carbocycles. The van der Waals surface area contributed by atoms with Gasteiger partial charge in [0.25, 0.3) is 0 Å². The highest BCUT2D eigenvalue weighted by Gasteiger charge is 2.14. The zero-order chi connectivity index (χ0) is 13.8. The lowest BCUT2D eigenvalue weighted by atomic mass is 10.1. The molecule has 0 radical (unpaired) electrons. The van der Waals surface area contributed by atoms with Gasteiger partial charge in [-0.25, -0.2) is 0 Å². The summed E-state index contributed by atoms with van der Waals surface area (Å²) in [5.41, 5.74) is 1.85. The van der Waals surface area contributed by atoms with Gasteiger partial charge in [-0.1, -0.05) is 41.9 Å². The smallest absolute Gasteiger partial charge is 0.227 e. The number of carbonyl (C=O) groups is 1. The second-order valence-corrected chi connectivity index (χ2v) is 4.88. The molecular formula is C14H16ClN3O. The largest absolute Gasteiger partial charge is 0.340 e. The van der Waals surface area contributed by atoms with Crippen molar-refractivity contribution in [2.24, 2.45) is 7.05 Å². The van der Waals surface area contributed by atoms with E-state index in [0.717, 1.165) is 11.3 Å². The Morgan fingerprint density at radius 2 is 2.05 bits per heavy atom. The summed E-state index contributed by atoms with van der Waals surface area (Å²) in [4.78, 5) is 13.8. The van der Waals surface area contributed by atoms with E-state index in [2.05, 4.69) is 5.10 Å². The maximum absolute atomic E-state index is 12.1. The molecule has 2 rings (SSSR count). The van der Waals surface area contributed by atoms with Gasteiger partial charge in [0.1, 0.15) is 0 Å². The minimum atomic E-state index is 0.0588. The summed E-state index contributed by atoms with van der Waals surface area (Å²) in [5, 5.41) is 4.64. The summed E-state index contributed by atoms with van der Waals surface area (Å²) in [7, 11) is 3.59. The molecule has 0 saturated heterocycles. The van der Waals surface area contributed by atoms with E-state index in [4.69, 9.17) is 11.6 Å². The first kappa shape index (κ1) is 13.6. The van der Waals surface area contributed by atoms with Crippen LogP contribution in [0.3, 0.4) is 0 Å². The van der Waals surface area contributed by atoms with Crippen molar-refractivity contribution in [1.82, 2.24) is 14.7 Å². The van der Waals surface area contributed by atoms with Gasteiger partial charge in [-0.05, 0) is 5.56 Å². The van der Waals surface area contributed by atoms with Crippen LogP contribution >= 0.6 is 11.6 Å². The van der Waals surface area contributed by atoms with Gasteiger partial charge in [0, 0.05) is 14.1 Å². The second-order valence-electron chi connectivity index (χ2n) is 4.47. The van der Waals surface area contributed by atoms with Crippen molar-refractivity contribution in [2.75, 3.05) is 7.05 Å². The number of nitrogens with zero attached hydrogens (tertiary/aromatic N) is 3. The number of hydrogen-bond acceptors (Lipinski definition) is 2. The van der Waals surface area contributed by atoms with E-state index in [9.17, 15) is 4.79 Å². The monoisotopic (exact) mass is 277 g/mol. The van der Waals surface area contributed by atoms with Gasteiger partial charge in [-0.3, -0.25) is 9.48 Å². The molecule has 1 heterocycles. The first-order valence-electron chi connectivity index (χ1n) is 6.02. The van der Waals surface area contributed by atoms with Crippen molar-refractivity contribution in [3.63, 3.8) is 0 Å². The predicted molar refractivity (Wildman–Crippen MR) is 74.8 cm³/mol. The average Bonchev–Trinajstić information content (AvgIpc) is 2.71. The third kappa shape index (κ3) is 3.35. The van der Waals surface area contributed by atoms with Crippen molar-refractivity contribution in [1.29, 1.82) is 0 Å². The summed E-state index contributed by atoms with van der Waals surface area (Å²) < 4.78 is 1.69. The molecule has 0 aliphatic carbocycles. The molecule has 1 aromatic carbocycles. The third-order valence-electron chi connectivity index (χ3n) is 3.02. The van der Waals surface area contributed by atoms with E-state index in [-0.39, 0.29) is 5.91 Å². The van der Waals surface area contributed by atoms with E-state index < -0.39 is 0 Å². The molecule has 0 aliphatic rings. The van der Waals surface area contributed by atoms with E-state index in [1.165, 1.54) is 0 Å². The molecule has 1 amide bonds. The van der Waals surface area contributed by atoms with E-state index in [1.807, 2.05) is 37.4 Å². The lowest BCUT2D eigenvalue weighted by Crippen LogP contribution is -2.28. The fourth-order valence-electron chi connectivity index (χ4n) is 1.83. The molecule has 0 unspecified atom stereocenters. The normalized spacial score (nSPS) is 10.5. The Morgan fingerprint density at radius 1 is 1.37 bits per heavy atom. The van der Waals surface area contributed by atoms with Gasteiger partial charge in [0.05, 0.1) is 29.9 Å². The Bertz CT molecular complexity index is 546. The van der Waals surface area contributed by atoms with Crippen LogP contribution in [0, 0.1) is 0 Å². The van der Waals surface area contributed by atoms with Gasteiger partial charge in [0.15, 0.2) is 0 Å². The summed E-state index contributed by atoms with van der Waals surface area (Å²) in [6.45, 7) is 0.459. The van der Waals surface area contributed by atoms with Gasteiger partial charge < -0.3 is 4.90 Å². The lowest BCUT2D eigenvalue weighted by molar-refractivity contribution is -0.129. The van der Waals surface area contributed by atoms with Gasteiger partial charge in [-0.15, -0.1) is 0 Å². The minimum absolute atomic E-state index is 0.0588. The highest BCUT2D eigenvalue weighted by Crippen LogP contribution is 2.16. The molecule has 100 valence electrons. The maximum Gasteiger partial charge on any atom is 0.227 e. The van der Waals surface area contributed by atoms with Crippen LogP contribution in [-0.4, -0.2) is 27.6 Å². The van der Waals surface area contributed by atoms with Crippen molar-refractivity contribution < 1.29 is 4.79 Å². The number of halogens is 1. The number of likely N-dealkylation sites (N-methyl/N-ethyl adjacent to an activating group) is 1. The Hall–Kier alpha value is -1.81. The molecule has 0 atom stereocenters. The molecule has 4 nitrogen and oxygen atoms in total. The van der Waals surface area contributed by atoms with Gasteiger partial charge in [-0.2, -0.15) is 5.10 Å². The summed E-state index contributed by atoms with van der Waals surface area (Å²) in [5.74, 6) is 0.0588. The van der Waals surface area contributed by atoms with E-state index in [1.54, 1.807) is 22.8 Å². The molecule has 0 spiro atoms. The van der Waals surface area contributed by atoms with Crippen LogP contribution in [-0.2, 0) is 24.8 Å². The molecule has 5 heteroatoms. The molecule has 0 N–H and O–H groups in total. The molecule has 19 heavy (non-hydrogen) atoms. The molecule has 0 bridgehead atoms. The Morgan fingerprint density at radius 3 is 2.63 bits per heavy atom. The zero-order valence-electron chi connectivity index (χ0n) is 11.0. The maximum atomic E-state index is 12.1. The molecule has 1 aromatic heterocycles. The Kier molecular flexibility index (Phi) is 4.22. The third-order valence-corrected chi connectivity index (χ3v) is 3.34. The van der Waals surface area contributed by atoms with E-state index >= 15 is 0 Å². The molecule has 0 fully saturated rings. The predicted octanol–water partition coefficient (Wildman–Crippen LogP) is 2.27. The van der Waals surface area contributed by atoms with Crippen LogP contribution in [0.2, 0.25) is 5.02 Å². The fourth-order valence-corrected chi connectivity index (χ4v) is 2.06. The van der Waals surface area contributed by atoms with Crippen LogP contribution in [0.25, 0.3) is 0 Å². The number of benzene rings is 1. The summed E-state index contributed by atoms with van der Waals surface area (Å²) in [6.07, 6.45) is 1.99. The van der Waals surface area contributed by atoms with Crippen LogP contribution in [0.15, 0.2) is 36.5 Å². The number of hydrogen-bond donors (Lipinski definition) is 0. The van der Waals surface area contributed by atoms with Crippen LogP contribution in [0.1, 0.15) is 11.3 Å². The van der Waals surface area contributed by atoms with Crippen LogP contribution < -0.4 is 0 Å². The molecule has 0 aliphatic heterocycles. The topological polar surface area (TPSA) is 38.1 Å². The van der Waals surface area contributed by atoms with Crippen molar-refractivity contribution in [3.05, 3.63) is 52.8 Å². The summed E-state index contributed by atoms with van der Waals surface area (Å²) in [6, 6.07) is 9.69. The quantitative estimate of drug-likeness (QED) is 0.860. The molecule has 2 aromatic rings. The van der Waals surface area contributed by atoms with E-state index in [0.29, 0.717) is 18.0 Å². The number of amides is 1. The zero-order valence-corrected chi connectivity index (χ0v) is 11.8. The highest BCUT2D eigenvalue weighted by molar-refractivity contribution is 6.31. The van der Waals surface area contributed by atoms with Crippen molar-refractivity contribution in [2.45, 2.75) is 13.0 Å². The fraction of sp³-hybridized carbons (Fsp3) is 0.286. The van der Waals surface area contributed by atoms with Crippen molar-refractivity contribution in [3.8, 4) is 0 Å². The number of rotatable bonds is 4. The SMILES string of the molecule is CN(Cc1c(Cl)cnn1C)C(=O)Cc1ccccc1. The lowest BCUT2D eigenvalue weighted by Gasteiger charge is -2.17. The highest BCUT2D eigenvalue weighted by atomic mass is 35.5. The minimum Gasteiger partial charge on any atom is -0.340 e. The second kappa shape index (κ2) is 5.89. The van der Waals surface area contributed by atoms with Crippen LogP contribution in [0.5, 0.6) is 0 Å². The Labute approximate surface area is 117 Å². The average molecular weight is 278 g/mol. The number of aromatic nitrogens is 2.